The first-order valence-electron chi connectivity index (χ1n) is 0. The van der Waals surface area contributed by atoms with E-state index < -0.39 is 0 Å². The Morgan fingerprint density at radius 3 is 0.600 bits per heavy atom. The molecule has 0 aliphatic heterocycles. The standard InChI is InChI=1S/2FH.2H2O.U/h2*1H;2*1H2;/q;;;;+2/p-2. The second kappa shape index (κ2) is 103. The second-order valence-electron chi connectivity index (χ2n) is 0. The number of hydrogen-bond donors (Lipinski definition) is 0. The van der Waals surface area contributed by atoms with E-state index in [1.54, 1.807) is 0 Å². The first kappa shape index (κ1) is 197. The normalized spacial score (nSPS) is 0. The van der Waals surface area contributed by atoms with Gasteiger partial charge in [0.15, 0.2) is 0 Å². The van der Waals surface area contributed by atoms with E-state index in [-0.39, 0.29) is 51.5 Å². The summed E-state index contributed by atoms with van der Waals surface area (Å²) in [5.74, 6) is 0. The molecule has 0 aromatic heterocycles. The third kappa shape index (κ3) is 56.0. The molecule has 34 valence electrons. The predicted molar refractivity (Wildman–Crippen MR) is 7.23 cm³/mol. The van der Waals surface area contributed by atoms with Crippen molar-refractivity contribution in [2.45, 2.75) is 0 Å². The van der Waals surface area contributed by atoms with Crippen LogP contribution in [0.2, 0.25) is 0 Å². The Bertz CT molecular complexity index is 7.61. The van der Waals surface area contributed by atoms with Gasteiger partial charge in [-0.05, 0) is 0 Å². The summed E-state index contributed by atoms with van der Waals surface area (Å²) >= 11 is 0. The van der Waals surface area contributed by atoms with Gasteiger partial charge in [-0.3, -0.25) is 0 Å². The van der Waals surface area contributed by atoms with Gasteiger partial charge >= 0.3 is 31.1 Å². The van der Waals surface area contributed by atoms with Gasteiger partial charge in [-0.15, -0.1) is 0 Å². The predicted octanol–water partition coefficient (Wildman–Crippen LogP) is -7.64. The van der Waals surface area contributed by atoms with Crippen LogP contribution in [0.1, 0.15) is 0 Å². The van der Waals surface area contributed by atoms with Gasteiger partial charge in [-0.1, -0.05) is 0 Å². The fourth-order valence-corrected chi connectivity index (χ4v) is 0. The van der Waals surface area contributed by atoms with E-state index in [0.717, 1.165) is 0 Å². The Balaban J connectivity index is 0. The molecule has 0 fully saturated rings. The molecule has 0 unspecified atom stereocenters. The Labute approximate surface area is 51.7 Å². The average molecular weight is 312 g/mol. The van der Waals surface area contributed by atoms with Gasteiger partial charge in [0.05, 0.1) is 0 Å². The van der Waals surface area contributed by atoms with Crippen molar-refractivity contribution in [1.29, 1.82) is 0 Å². The third-order valence-corrected chi connectivity index (χ3v) is 0. The molecule has 4 N–H and O–H groups in total. The van der Waals surface area contributed by atoms with Crippen molar-refractivity contribution in [2.75, 3.05) is 0 Å². The Morgan fingerprint density at radius 1 is 0.600 bits per heavy atom. The fourth-order valence-electron chi connectivity index (χ4n) is 0. The van der Waals surface area contributed by atoms with Crippen LogP contribution in [0.15, 0.2) is 0 Å². The van der Waals surface area contributed by atoms with E-state index in [9.17, 15) is 0 Å². The summed E-state index contributed by atoms with van der Waals surface area (Å²) < 4.78 is 0. The zero-order valence-corrected chi connectivity index (χ0v) is 6.42. The average Bonchev–Trinajstić information content (AvgIpc) is 0. The maximum absolute atomic E-state index is 0. The molecule has 0 heterocycles. The zero-order chi connectivity index (χ0) is 0. The zero-order valence-electron chi connectivity index (χ0n) is 2.26. The molecule has 5 heteroatoms. The SMILES string of the molecule is O.O.[F-].[F-].[U+2]. The summed E-state index contributed by atoms with van der Waals surface area (Å²) in [6, 6.07) is 0. The Hall–Kier alpha value is 0.832. The number of hydrogen-bond acceptors (Lipinski definition) is 0. The van der Waals surface area contributed by atoms with Crippen LogP contribution in [-0.4, -0.2) is 11.0 Å². The molecule has 0 saturated carbocycles. The van der Waals surface area contributed by atoms with Crippen molar-refractivity contribution < 1.29 is 51.5 Å². The fraction of sp³-hybridized carbons (Fsp3) is 0. The summed E-state index contributed by atoms with van der Waals surface area (Å²) in [5.41, 5.74) is 0. The van der Waals surface area contributed by atoms with Gasteiger partial charge in [-0.25, -0.2) is 0 Å². The van der Waals surface area contributed by atoms with E-state index in [2.05, 4.69) is 0 Å². The van der Waals surface area contributed by atoms with Crippen molar-refractivity contribution in [1.82, 2.24) is 0 Å². The van der Waals surface area contributed by atoms with Crippen LogP contribution in [0.25, 0.3) is 0 Å². The summed E-state index contributed by atoms with van der Waals surface area (Å²) in [6.07, 6.45) is 0. The van der Waals surface area contributed by atoms with Crippen molar-refractivity contribution in [3.05, 3.63) is 0 Å². The molecule has 0 rings (SSSR count). The molecule has 2 nitrogen and oxygen atoms in total. The minimum absolute atomic E-state index is 0. The van der Waals surface area contributed by atoms with Crippen molar-refractivity contribution in [2.24, 2.45) is 0 Å². The van der Waals surface area contributed by atoms with E-state index in [4.69, 9.17) is 0 Å². The summed E-state index contributed by atoms with van der Waals surface area (Å²) in [6.45, 7) is 0. The maximum atomic E-state index is 0. The first-order valence-corrected chi connectivity index (χ1v) is 0. The summed E-state index contributed by atoms with van der Waals surface area (Å²) in [5, 5.41) is 0. The molecule has 0 radical (unpaired) electrons. The molecule has 0 spiro atoms. The Morgan fingerprint density at radius 2 is 0.600 bits per heavy atom. The van der Waals surface area contributed by atoms with Crippen molar-refractivity contribution >= 4 is 0 Å². The molecule has 0 saturated heterocycles. The van der Waals surface area contributed by atoms with E-state index in [0.29, 0.717) is 0 Å². The van der Waals surface area contributed by atoms with Crippen LogP contribution < -0.4 is 9.41 Å². The molecule has 0 aliphatic carbocycles. The van der Waals surface area contributed by atoms with Crippen LogP contribution in [0.5, 0.6) is 0 Å². The number of halogens is 2. The largest absolute Gasteiger partial charge is 2.00 e. The van der Waals surface area contributed by atoms with Crippen LogP contribution in [-0.2, 0) is 0 Å². The molecule has 0 amide bonds. The molecule has 0 bridgehead atoms. The van der Waals surface area contributed by atoms with Gasteiger partial charge in [0.2, 0.25) is 0 Å². The third-order valence-electron chi connectivity index (χ3n) is 0. The van der Waals surface area contributed by atoms with Gasteiger partial charge in [0.1, 0.15) is 0 Å². The molecule has 0 atom stereocenters. The quantitative estimate of drug-likeness (QED) is 0.427. The molecular formula is H4F2O2U. The van der Waals surface area contributed by atoms with Gasteiger partial charge in [0.25, 0.3) is 0 Å². The van der Waals surface area contributed by atoms with Crippen molar-refractivity contribution in [3.63, 3.8) is 0 Å². The summed E-state index contributed by atoms with van der Waals surface area (Å²) in [4.78, 5) is 0. The van der Waals surface area contributed by atoms with E-state index in [1.165, 1.54) is 0 Å². The minimum atomic E-state index is 0. The van der Waals surface area contributed by atoms with E-state index >= 15 is 0 Å². The molecule has 0 aromatic carbocycles. The topological polar surface area (TPSA) is 63.0 Å². The summed E-state index contributed by atoms with van der Waals surface area (Å²) in [7, 11) is 0. The monoisotopic (exact) mass is 312 g/mol. The van der Waals surface area contributed by atoms with Gasteiger partial charge < -0.3 is 20.4 Å². The minimum Gasteiger partial charge on any atom is -1.00 e. The molecular weight excluding hydrogens is 308 g/mol. The second-order valence-corrected chi connectivity index (χ2v) is 0. The first-order chi connectivity index (χ1) is 0. The van der Waals surface area contributed by atoms with E-state index in [1.807, 2.05) is 0 Å². The molecule has 5 heavy (non-hydrogen) atoms. The van der Waals surface area contributed by atoms with Gasteiger partial charge in [-0.2, -0.15) is 0 Å². The molecule has 0 aromatic rings. The van der Waals surface area contributed by atoms with Crippen LogP contribution in [0.4, 0.5) is 0 Å². The molecule has 0 aliphatic rings. The van der Waals surface area contributed by atoms with Crippen LogP contribution in [0, 0.1) is 31.1 Å². The maximum Gasteiger partial charge on any atom is 2.00 e. The van der Waals surface area contributed by atoms with Gasteiger partial charge in [0, 0.05) is 0 Å². The Kier molecular flexibility index (Phi) is 4030. The van der Waals surface area contributed by atoms with Crippen LogP contribution in [0.3, 0.4) is 0 Å². The number of rotatable bonds is 0. The van der Waals surface area contributed by atoms with Crippen LogP contribution >= 0.6 is 0 Å². The smallest absolute Gasteiger partial charge is 1.00 e. The van der Waals surface area contributed by atoms with Crippen molar-refractivity contribution in [3.8, 4) is 0 Å².